The fourth-order valence-electron chi connectivity index (χ4n) is 1.65. The third-order valence-corrected chi connectivity index (χ3v) is 2.76. The van der Waals surface area contributed by atoms with Gasteiger partial charge in [0.05, 0.1) is 6.61 Å². The first-order chi connectivity index (χ1) is 9.45. The Kier molecular flexibility index (Phi) is 6.31. The van der Waals surface area contributed by atoms with E-state index in [0.29, 0.717) is 30.7 Å². The van der Waals surface area contributed by atoms with Gasteiger partial charge in [0.15, 0.2) is 17.6 Å². The number of amides is 1. The molecule has 1 unspecified atom stereocenters. The summed E-state index contributed by atoms with van der Waals surface area (Å²) in [5.41, 5.74) is 6.20. The van der Waals surface area contributed by atoms with Gasteiger partial charge in [0.25, 0.3) is 5.91 Å². The Morgan fingerprint density at radius 3 is 2.60 bits per heavy atom. The number of para-hydroxylation sites is 1. The number of nitrogens with two attached hydrogens (primary N) is 1. The molecule has 1 aromatic rings. The summed E-state index contributed by atoms with van der Waals surface area (Å²) < 4.78 is 11.2. The van der Waals surface area contributed by atoms with Crippen LogP contribution >= 0.6 is 0 Å². The van der Waals surface area contributed by atoms with Crippen LogP contribution in [-0.2, 0) is 11.3 Å². The van der Waals surface area contributed by atoms with Crippen molar-refractivity contribution in [2.45, 2.75) is 46.4 Å². The van der Waals surface area contributed by atoms with Crippen LogP contribution in [0.1, 0.15) is 33.3 Å². The molecule has 0 bridgehead atoms. The molecule has 0 aliphatic rings. The van der Waals surface area contributed by atoms with E-state index < -0.39 is 12.0 Å². The van der Waals surface area contributed by atoms with E-state index in [1.807, 2.05) is 25.1 Å². The largest absolute Gasteiger partial charge is 0.490 e. The normalized spacial score (nSPS) is 12.2. The zero-order valence-electron chi connectivity index (χ0n) is 12.6. The average Bonchev–Trinajstić information content (AvgIpc) is 2.38. The molecular weight excluding hydrogens is 256 g/mol. The second-order valence-electron chi connectivity index (χ2n) is 4.88. The number of primary amides is 1. The summed E-state index contributed by atoms with van der Waals surface area (Å²) in [7, 11) is 0. The van der Waals surface area contributed by atoms with Crippen LogP contribution < -0.4 is 20.5 Å². The van der Waals surface area contributed by atoms with Crippen LogP contribution in [0, 0.1) is 0 Å². The lowest BCUT2D eigenvalue weighted by Gasteiger charge is -2.19. The van der Waals surface area contributed by atoms with Crippen molar-refractivity contribution in [3.05, 3.63) is 23.8 Å². The number of carbonyl (C=O) groups excluding carboxylic acids is 1. The van der Waals surface area contributed by atoms with Gasteiger partial charge in [0.1, 0.15) is 0 Å². The van der Waals surface area contributed by atoms with Crippen molar-refractivity contribution in [3.63, 3.8) is 0 Å². The zero-order chi connectivity index (χ0) is 15.1. The minimum absolute atomic E-state index is 0.354. The lowest BCUT2D eigenvalue weighted by Crippen LogP contribution is -2.31. The van der Waals surface area contributed by atoms with Crippen molar-refractivity contribution in [1.29, 1.82) is 0 Å². The molecule has 112 valence electrons. The van der Waals surface area contributed by atoms with Gasteiger partial charge in [-0.3, -0.25) is 4.79 Å². The van der Waals surface area contributed by atoms with Crippen LogP contribution in [0.4, 0.5) is 0 Å². The molecule has 0 aliphatic heterocycles. The lowest BCUT2D eigenvalue weighted by atomic mass is 10.1. The van der Waals surface area contributed by atoms with Crippen LogP contribution in [0.5, 0.6) is 11.5 Å². The van der Waals surface area contributed by atoms with Gasteiger partial charge in [-0.2, -0.15) is 0 Å². The summed E-state index contributed by atoms with van der Waals surface area (Å²) in [6, 6.07) is 6.03. The fraction of sp³-hybridized carbons (Fsp3) is 0.533. The van der Waals surface area contributed by atoms with E-state index in [0.717, 1.165) is 5.56 Å². The number of ether oxygens (including phenoxy) is 2. The maximum absolute atomic E-state index is 11.2. The Morgan fingerprint density at radius 1 is 1.35 bits per heavy atom. The number of rotatable bonds is 8. The minimum Gasteiger partial charge on any atom is -0.490 e. The molecule has 0 aliphatic carbocycles. The Balaban J connectivity index is 3.02. The van der Waals surface area contributed by atoms with Crippen molar-refractivity contribution in [1.82, 2.24) is 5.32 Å². The highest BCUT2D eigenvalue weighted by atomic mass is 16.5. The first kappa shape index (κ1) is 16.3. The number of hydrogen-bond acceptors (Lipinski definition) is 4. The van der Waals surface area contributed by atoms with Gasteiger partial charge in [0.2, 0.25) is 0 Å². The van der Waals surface area contributed by atoms with Gasteiger partial charge >= 0.3 is 0 Å². The molecule has 5 nitrogen and oxygen atoms in total. The van der Waals surface area contributed by atoms with E-state index >= 15 is 0 Å². The van der Waals surface area contributed by atoms with Crippen LogP contribution in [-0.4, -0.2) is 24.7 Å². The Bertz CT molecular complexity index is 447. The van der Waals surface area contributed by atoms with Crippen LogP contribution in [0.25, 0.3) is 0 Å². The molecular formula is C15H24N2O3. The summed E-state index contributed by atoms with van der Waals surface area (Å²) in [4.78, 5) is 11.2. The highest BCUT2D eigenvalue weighted by molar-refractivity contribution is 5.78. The fourth-order valence-corrected chi connectivity index (χ4v) is 1.65. The van der Waals surface area contributed by atoms with Crippen molar-refractivity contribution in [3.8, 4) is 11.5 Å². The third kappa shape index (κ3) is 4.74. The predicted octanol–water partition coefficient (Wildman–Crippen LogP) is 1.84. The highest BCUT2D eigenvalue weighted by Gasteiger charge is 2.17. The van der Waals surface area contributed by atoms with Gasteiger partial charge in [0, 0.05) is 18.2 Å². The molecule has 5 heteroatoms. The quantitative estimate of drug-likeness (QED) is 0.762. The van der Waals surface area contributed by atoms with E-state index in [1.165, 1.54) is 0 Å². The zero-order valence-corrected chi connectivity index (χ0v) is 12.6. The number of benzene rings is 1. The number of hydrogen-bond donors (Lipinski definition) is 2. The molecule has 3 N–H and O–H groups in total. The Labute approximate surface area is 120 Å². The molecule has 1 atom stereocenters. The standard InChI is InChI=1S/C15H24N2O3/c1-5-19-13-8-6-7-12(9-17-10(2)3)14(13)20-11(4)15(16)18/h6-8,10-11,17H,5,9H2,1-4H3,(H2,16,18). The monoisotopic (exact) mass is 280 g/mol. The molecule has 1 amide bonds. The summed E-state index contributed by atoms with van der Waals surface area (Å²) in [6.45, 7) is 8.84. The molecule has 0 spiro atoms. The molecule has 0 heterocycles. The molecule has 20 heavy (non-hydrogen) atoms. The predicted molar refractivity (Wildman–Crippen MR) is 78.9 cm³/mol. The molecule has 0 aromatic heterocycles. The average molecular weight is 280 g/mol. The van der Waals surface area contributed by atoms with Crippen molar-refractivity contribution >= 4 is 5.91 Å². The summed E-state index contributed by atoms with van der Waals surface area (Å²) in [5.74, 6) is 0.705. The molecule has 0 fully saturated rings. The SMILES string of the molecule is CCOc1cccc(CNC(C)C)c1OC(C)C(N)=O. The molecule has 1 rings (SSSR count). The second-order valence-corrected chi connectivity index (χ2v) is 4.88. The van der Waals surface area contributed by atoms with Crippen LogP contribution in [0.15, 0.2) is 18.2 Å². The Morgan fingerprint density at radius 2 is 2.05 bits per heavy atom. The maximum Gasteiger partial charge on any atom is 0.258 e. The van der Waals surface area contributed by atoms with Crippen molar-refractivity contribution < 1.29 is 14.3 Å². The minimum atomic E-state index is -0.700. The van der Waals surface area contributed by atoms with E-state index in [2.05, 4.69) is 19.2 Å². The summed E-state index contributed by atoms with van der Waals surface area (Å²) in [5, 5.41) is 3.32. The summed E-state index contributed by atoms with van der Waals surface area (Å²) >= 11 is 0. The highest BCUT2D eigenvalue weighted by Crippen LogP contribution is 2.32. The van der Waals surface area contributed by atoms with Crippen molar-refractivity contribution in [2.75, 3.05) is 6.61 Å². The summed E-state index contributed by atoms with van der Waals surface area (Å²) in [6.07, 6.45) is -0.700. The van der Waals surface area contributed by atoms with E-state index in [-0.39, 0.29) is 0 Å². The van der Waals surface area contributed by atoms with Gasteiger partial charge in [-0.1, -0.05) is 26.0 Å². The van der Waals surface area contributed by atoms with Gasteiger partial charge in [-0.05, 0) is 19.9 Å². The molecule has 1 aromatic carbocycles. The smallest absolute Gasteiger partial charge is 0.258 e. The topological polar surface area (TPSA) is 73.6 Å². The van der Waals surface area contributed by atoms with Crippen LogP contribution in [0.3, 0.4) is 0 Å². The first-order valence-electron chi connectivity index (χ1n) is 6.89. The van der Waals surface area contributed by atoms with Crippen LogP contribution in [0.2, 0.25) is 0 Å². The van der Waals surface area contributed by atoms with Gasteiger partial charge < -0.3 is 20.5 Å². The van der Waals surface area contributed by atoms with Crippen molar-refractivity contribution in [2.24, 2.45) is 5.73 Å². The molecule has 0 radical (unpaired) electrons. The number of carbonyl (C=O) groups is 1. The van der Waals surface area contributed by atoms with E-state index in [1.54, 1.807) is 6.92 Å². The lowest BCUT2D eigenvalue weighted by molar-refractivity contribution is -0.124. The number of nitrogens with one attached hydrogen (secondary N) is 1. The van der Waals surface area contributed by atoms with E-state index in [9.17, 15) is 4.79 Å². The van der Waals surface area contributed by atoms with Gasteiger partial charge in [-0.25, -0.2) is 0 Å². The maximum atomic E-state index is 11.2. The Hall–Kier alpha value is -1.75. The first-order valence-corrected chi connectivity index (χ1v) is 6.89. The molecule has 0 saturated carbocycles. The van der Waals surface area contributed by atoms with Gasteiger partial charge in [-0.15, -0.1) is 0 Å². The third-order valence-electron chi connectivity index (χ3n) is 2.76. The second kappa shape index (κ2) is 7.75. The van der Waals surface area contributed by atoms with E-state index in [4.69, 9.17) is 15.2 Å². The molecule has 0 saturated heterocycles.